The number of benzene rings is 3. The molecule has 11 nitrogen and oxygen atoms in total. The van der Waals surface area contributed by atoms with Crippen molar-refractivity contribution in [2.24, 2.45) is 4.99 Å². The smallest absolute Gasteiger partial charge is 0.497 e. The summed E-state index contributed by atoms with van der Waals surface area (Å²) >= 11 is 1.22. The highest BCUT2D eigenvalue weighted by Crippen LogP contribution is 2.33. The molecule has 1 saturated heterocycles. The van der Waals surface area contributed by atoms with Gasteiger partial charge in [-0.25, -0.2) is 14.7 Å². The monoisotopic (exact) mass is 656 g/mol. The van der Waals surface area contributed by atoms with Gasteiger partial charge in [0.05, 0.1) is 24.2 Å². The Morgan fingerprint density at radius 2 is 1.80 bits per heavy atom. The van der Waals surface area contributed by atoms with Crippen molar-refractivity contribution >= 4 is 28.5 Å². The zero-order valence-electron chi connectivity index (χ0n) is 25.1. The van der Waals surface area contributed by atoms with Crippen molar-refractivity contribution in [3.8, 4) is 28.6 Å². The fourth-order valence-corrected chi connectivity index (χ4v) is 5.52. The summed E-state index contributed by atoms with van der Waals surface area (Å²) in [6.45, 7) is 3.84. The number of carbonyl (C=O) groups excluding carboxylic acids is 1. The first-order valence-electron chi connectivity index (χ1n) is 14.2. The molecule has 2 unspecified atom stereocenters. The lowest BCUT2D eigenvalue weighted by atomic mass is 10.1. The Hall–Kier alpha value is -4.44. The van der Waals surface area contributed by atoms with E-state index in [2.05, 4.69) is 32.2 Å². The first-order valence-corrected chi connectivity index (χ1v) is 15.2. The van der Waals surface area contributed by atoms with Crippen molar-refractivity contribution in [3.05, 3.63) is 84.2 Å². The molecule has 2 N–H and O–H groups in total. The van der Waals surface area contributed by atoms with Gasteiger partial charge >= 0.3 is 6.36 Å². The van der Waals surface area contributed by atoms with Crippen LogP contribution in [0.25, 0.3) is 17.1 Å². The van der Waals surface area contributed by atoms with Crippen LogP contribution in [0.1, 0.15) is 37.5 Å². The number of nitrogens with one attached hydrogen (secondary N) is 1. The highest BCUT2D eigenvalue weighted by atomic mass is 32.2. The molecule has 1 amide bonds. The molecule has 2 atom stereocenters. The fraction of sp³-hybridized carbons (Fsp3) is 0.290. The zero-order valence-corrected chi connectivity index (χ0v) is 25.9. The van der Waals surface area contributed by atoms with Gasteiger partial charge in [0.15, 0.2) is 11.0 Å². The molecule has 2 heterocycles. The van der Waals surface area contributed by atoms with Crippen LogP contribution in [0.3, 0.4) is 0 Å². The van der Waals surface area contributed by atoms with Gasteiger partial charge < -0.3 is 14.6 Å². The van der Waals surface area contributed by atoms with Crippen LogP contribution in [-0.2, 0) is 16.1 Å². The topological polar surface area (TPSA) is 123 Å². The van der Waals surface area contributed by atoms with Crippen LogP contribution < -0.4 is 19.9 Å². The van der Waals surface area contributed by atoms with Crippen molar-refractivity contribution < 1.29 is 37.4 Å². The number of ether oxygens (including phenoxy) is 2. The van der Waals surface area contributed by atoms with E-state index in [1.54, 1.807) is 32.2 Å². The minimum atomic E-state index is -4.77. The standard InChI is InChI=1S/C31H31F3N6O5S/c1-4-5-21-10-13-25(43-3)16-26(21)40-27(41)17-46-30(40)36-29(42)38-45-19(2)20-6-8-22(9-7-20)28-35-18-39(37-28)23-11-14-24(15-12-23)44-31(32,33)34/h6-16,18-19,29,38,42H,4-5,17H2,1-3H3/b36-30-. The van der Waals surface area contributed by atoms with E-state index in [0.29, 0.717) is 33.7 Å². The maximum Gasteiger partial charge on any atom is 0.573 e. The lowest BCUT2D eigenvalue weighted by molar-refractivity contribution is -0.274. The molecule has 1 aliphatic heterocycles. The third-order valence-corrected chi connectivity index (χ3v) is 7.80. The number of aryl methyl sites for hydroxylation is 1. The zero-order chi connectivity index (χ0) is 32.8. The number of rotatable bonds is 12. The van der Waals surface area contributed by atoms with E-state index < -0.39 is 18.8 Å². The van der Waals surface area contributed by atoms with Crippen molar-refractivity contribution in [2.75, 3.05) is 17.8 Å². The van der Waals surface area contributed by atoms with E-state index in [4.69, 9.17) is 9.57 Å². The van der Waals surface area contributed by atoms with Gasteiger partial charge in [-0.3, -0.25) is 14.5 Å². The van der Waals surface area contributed by atoms with Crippen molar-refractivity contribution in [1.82, 2.24) is 20.2 Å². The predicted molar refractivity (Wildman–Crippen MR) is 166 cm³/mol. The van der Waals surface area contributed by atoms with E-state index in [-0.39, 0.29) is 17.4 Å². The third kappa shape index (κ3) is 8.04. The summed E-state index contributed by atoms with van der Waals surface area (Å²) in [7, 11) is 1.56. The fourth-order valence-electron chi connectivity index (χ4n) is 4.64. The molecule has 1 aliphatic rings. The first-order chi connectivity index (χ1) is 22.0. The van der Waals surface area contributed by atoms with Gasteiger partial charge in [0.25, 0.3) is 0 Å². The van der Waals surface area contributed by atoms with Crippen LogP contribution in [0.4, 0.5) is 18.9 Å². The van der Waals surface area contributed by atoms with Crippen LogP contribution in [0.2, 0.25) is 0 Å². The molecule has 0 bridgehead atoms. The lowest BCUT2D eigenvalue weighted by Crippen LogP contribution is -2.34. The molecule has 46 heavy (non-hydrogen) atoms. The number of halogens is 3. The number of aliphatic hydroxyl groups is 1. The Labute approximate surface area is 267 Å². The molecular formula is C31H31F3N6O5S. The molecule has 0 saturated carbocycles. The highest BCUT2D eigenvalue weighted by molar-refractivity contribution is 8.15. The molecular weight excluding hydrogens is 625 g/mol. The van der Waals surface area contributed by atoms with Gasteiger partial charge in [0.1, 0.15) is 23.9 Å². The second kappa shape index (κ2) is 14.3. The summed E-state index contributed by atoms with van der Waals surface area (Å²) in [6, 6.07) is 18.1. The SMILES string of the molecule is CCCc1ccc(OC)cc1N1C(=O)CS/C1=N\C(O)NOC(C)c1ccc(-c2ncn(-c3ccc(OC(F)(F)F)cc3)n2)cc1. The van der Waals surface area contributed by atoms with E-state index in [1.807, 2.05) is 24.3 Å². The highest BCUT2D eigenvalue weighted by Gasteiger charge is 2.32. The van der Waals surface area contributed by atoms with Gasteiger partial charge in [-0.2, -0.15) is 5.48 Å². The van der Waals surface area contributed by atoms with Crippen LogP contribution in [-0.4, -0.2) is 56.5 Å². The number of hydrogen-bond donors (Lipinski definition) is 2. The molecule has 3 aromatic carbocycles. The Balaban J connectivity index is 1.20. The van der Waals surface area contributed by atoms with Crippen LogP contribution in [0.5, 0.6) is 11.5 Å². The number of amidine groups is 1. The van der Waals surface area contributed by atoms with Gasteiger partial charge in [-0.1, -0.05) is 55.4 Å². The average molecular weight is 657 g/mol. The number of hydrogen-bond acceptors (Lipinski definition) is 10. The number of hydroxylamine groups is 1. The van der Waals surface area contributed by atoms with Gasteiger partial charge in [-0.15, -0.1) is 18.3 Å². The van der Waals surface area contributed by atoms with Crippen molar-refractivity contribution in [2.45, 2.75) is 45.5 Å². The molecule has 4 aromatic rings. The summed E-state index contributed by atoms with van der Waals surface area (Å²) in [6.07, 6.45) is -3.60. The minimum absolute atomic E-state index is 0.149. The minimum Gasteiger partial charge on any atom is -0.497 e. The Kier molecular flexibility index (Phi) is 10.3. The normalized spacial score (nSPS) is 15.8. The number of aliphatic imine (C=N–C) groups is 1. The Bertz CT molecular complexity index is 1680. The summed E-state index contributed by atoms with van der Waals surface area (Å²) in [5.41, 5.74) is 6.17. The molecule has 0 spiro atoms. The van der Waals surface area contributed by atoms with E-state index in [0.717, 1.165) is 24.0 Å². The molecule has 0 aliphatic carbocycles. The van der Waals surface area contributed by atoms with E-state index >= 15 is 0 Å². The second-order valence-corrected chi connectivity index (χ2v) is 11.0. The number of anilines is 1. The Morgan fingerprint density at radius 3 is 2.48 bits per heavy atom. The van der Waals surface area contributed by atoms with Crippen LogP contribution in [0, 0.1) is 0 Å². The molecule has 5 rings (SSSR count). The maximum atomic E-state index is 12.8. The summed E-state index contributed by atoms with van der Waals surface area (Å²) in [5, 5.41) is 15.4. The maximum absolute atomic E-state index is 12.8. The average Bonchev–Trinajstić information content (AvgIpc) is 3.67. The summed E-state index contributed by atoms with van der Waals surface area (Å²) in [4.78, 5) is 28.6. The van der Waals surface area contributed by atoms with E-state index in [1.165, 1.54) is 51.9 Å². The number of carbonyl (C=O) groups is 1. The number of alkyl halides is 3. The first kappa shape index (κ1) is 32.9. The number of nitrogens with zero attached hydrogens (tertiary/aromatic N) is 5. The Morgan fingerprint density at radius 1 is 1.09 bits per heavy atom. The number of methoxy groups -OCH3 is 1. The number of aliphatic hydroxyl groups excluding tert-OH is 1. The molecule has 1 fully saturated rings. The molecule has 0 radical (unpaired) electrons. The largest absolute Gasteiger partial charge is 0.573 e. The molecule has 15 heteroatoms. The quantitative estimate of drug-likeness (QED) is 0.144. The van der Waals surface area contributed by atoms with Gasteiger partial charge in [0.2, 0.25) is 12.3 Å². The second-order valence-electron chi connectivity index (χ2n) is 10.1. The van der Waals surface area contributed by atoms with Crippen molar-refractivity contribution in [1.29, 1.82) is 0 Å². The predicted octanol–water partition coefficient (Wildman–Crippen LogP) is 5.79. The third-order valence-electron chi connectivity index (χ3n) is 6.87. The lowest BCUT2D eigenvalue weighted by Gasteiger charge is -2.22. The van der Waals surface area contributed by atoms with Gasteiger partial charge in [0, 0.05) is 11.6 Å². The number of amides is 1. The summed E-state index contributed by atoms with van der Waals surface area (Å²) in [5.74, 6) is 0.726. The number of aromatic nitrogens is 3. The molecule has 1 aromatic heterocycles. The van der Waals surface area contributed by atoms with E-state index in [9.17, 15) is 23.1 Å². The summed E-state index contributed by atoms with van der Waals surface area (Å²) < 4.78 is 48.0. The van der Waals surface area contributed by atoms with Crippen LogP contribution >= 0.6 is 11.8 Å². The number of thioether (sulfide) groups is 1. The van der Waals surface area contributed by atoms with Gasteiger partial charge in [-0.05, 0) is 54.8 Å². The van der Waals surface area contributed by atoms with Crippen LogP contribution in [0.15, 0.2) is 78.0 Å². The molecule has 242 valence electrons. The van der Waals surface area contributed by atoms with Crippen molar-refractivity contribution in [3.63, 3.8) is 0 Å².